The van der Waals surface area contributed by atoms with Crippen LogP contribution in [0, 0.1) is 5.41 Å². The molecular weight excluding hydrogens is 168 g/mol. The standard InChI is InChI=1S/C9H18N2O2/c1-7(5-12)11-8(13)9(2)3-4-10-6-9/h7,10,12H,3-6H2,1-2H3,(H,11,13). The van der Waals surface area contributed by atoms with Crippen molar-refractivity contribution in [3.05, 3.63) is 0 Å². The van der Waals surface area contributed by atoms with E-state index >= 15 is 0 Å². The third-order valence-corrected chi connectivity index (χ3v) is 2.57. The van der Waals surface area contributed by atoms with E-state index in [0.29, 0.717) is 0 Å². The van der Waals surface area contributed by atoms with Crippen LogP contribution in [0.5, 0.6) is 0 Å². The Morgan fingerprint density at radius 1 is 1.77 bits per heavy atom. The van der Waals surface area contributed by atoms with Gasteiger partial charge < -0.3 is 15.7 Å². The number of aliphatic hydroxyl groups is 1. The topological polar surface area (TPSA) is 61.4 Å². The lowest BCUT2D eigenvalue weighted by atomic mass is 9.88. The Morgan fingerprint density at radius 2 is 2.46 bits per heavy atom. The first-order valence-electron chi connectivity index (χ1n) is 4.71. The zero-order valence-corrected chi connectivity index (χ0v) is 8.26. The van der Waals surface area contributed by atoms with E-state index in [9.17, 15) is 4.79 Å². The molecule has 0 aliphatic carbocycles. The highest BCUT2D eigenvalue weighted by Crippen LogP contribution is 2.24. The van der Waals surface area contributed by atoms with E-state index in [1.165, 1.54) is 0 Å². The van der Waals surface area contributed by atoms with E-state index in [2.05, 4.69) is 10.6 Å². The van der Waals surface area contributed by atoms with Crippen LogP contribution in [-0.2, 0) is 4.79 Å². The summed E-state index contributed by atoms with van der Waals surface area (Å²) in [5.41, 5.74) is -0.288. The summed E-state index contributed by atoms with van der Waals surface area (Å²) in [6.45, 7) is 5.37. The second-order valence-corrected chi connectivity index (χ2v) is 4.04. The van der Waals surface area contributed by atoms with Crippen molar-refractivity contribution < 1.29 is 9.90 Å². The van der Waals surface area contributed by atoms with Gasteiger partial charge in [0.25, 0.3) is 0 Å². The Kier molecular flexibility index (Phi) is 3.27. The summed E-state index contributed by atoms with van der Waals surface area (Å²) in [5.74, 6) is 0.0408. The van der Waals surface area contributed by atoms with Gasteiger partial charge in [0.2, 0.25) is 5.91 Å². The van der Waals surface area contributed by atoms with Crippen molar-refractivity contribution in [2.24, 2.45) is 5.41 Å². The highest BCUT2D eigenvalue weighted by Gasteiger charge is 2.36. The van der Waals surface area contributed by atoms with Gasteiger partial charge in [-0.05, 0) is 26.8 Å². The first-order chi connectivity index (χ1) is 6.08. The summed E-state index contributed by atoms with van der Waals surface area (Å²) >= 11 is 0. The molecular formula is C9H18N2O2. The lowest BCUT2D eigenvalue weighted by Crippen LogP contribution is -2.45. The molecule has 13 heavy (non-hydrogen) atoms. The molecule has 0 spiro atoms. The number of hydrogen-bond donors (Lipinski definition) is 3. The summed E-state index contributed by atoms with van der Waals surface area (Å²) in [6, 6.07) is -0.148. The van der Waals surface area contributed by atoms with Crippen molar-refractivity contribution in [2.45, 2.75) is 26.3 Å². The number of carbonyl (C=O) groups is 1. The van der Waals surface area contributed by atoms with Gasteiger partial charge in [-0.1, -0.05) is 0 Å². The largest absolute Gasteiger partial charge is 0.394 e. The van der Waals surface area contributed by atoms with Crippen molar-refractivity contribution >= 4 is 5.91 Å². The molecule has 1 rings (SSSR count). The minimum absolute atomic E-state index is 0.00471. The Balaban J connectivity index is 2.46. The predicted molar refractivity (Wildman–Crippen MR) is 50.3 cm³/mol. The summed E-state index contributed by atoms with van der Waals surface area (Å²) in [4.78, 5) is 11.7. The lowest BCUT2D eigenvalue weighted by Gasteiger charge is -2.23. The summed E-state index contributed by atoms with van der Waals surface area (Å²) < 4.78 is 0. The lowest BCUT2D eigenvalue weighted by molar-refractivity contribution is -0.130. The Morgan fingerprint density at radius 3 is 2.92 bits per heavy atom. The molecule has 2 unspecified atom stereocenters. The monoisotopic (exact) mass is 186 g/mol. The molecule has 0 saturated carbocycles. The molecule has 1 aliphatic rings. The first kappa shape index (κ1) is 10.5. The number of hydrogen-bond acceptors (Lipinski definition) is 3. The molecule has 1 saturated heterocycles. The molecule has 4 nitrogen and oxygen atoms in total. The number of aliphatic hydroxyl groups excluding tert-OH is 1. The zero-order valence-electron chi connectivity index (χ0n) is 8.26. The molecule has 0 aromatic rings. The summed E-state index contributed by atoms with van der Waals surface area (Å²) in [5, 5.41) is 14.7. The van der Waals surface area contributed by atoms with Gasteiger partial charge in [0, 0.05) is 12.6 Å². The third kappa shape index (κ3) is 2.42. The second-order valence-electron chi connectivity index (χ2n) is 4.04. The molecule has 0 radical (unpaired) electrons. The second kappa shape index (κ2) is 4.07. The Bertz CT molecular complexity index is 188. The van der Waals surface area contributed by atoms with Crippen LogP contribution in [0.3, 0.4) is 0 Å². The van der Waals surface area contributed by atoms with Gasteiger partial charge >= 0.3 is 0 Å². The molecule has 1 fully saturated rings. The maximum absolute atomic E-state index is 11.7. The first-order valence-corrected chi connectivity index (χ1v) is 4.71. The predicted octanol–water partition coefficient (Wildman–Crippen LogP) is -0.517. The van der Waals surface area contributed by atoms with Crippen molar-refractivity contribution in [1.29, 1.82) is 0 Å². The van der Waals surface area contributed by atoms with Crippen LogP contribution in [0.15, 0.2) is 0 Å². The minimum Gasteiger partial charge on any atom is -0.394 e. The van der Waals surface area contributed by atoms with E-state index in [1.807, 2.05) is 6.92 Å². The molecule has 0 aromatic heterocycles. The molecule has 2 atom stereocenters. The fourth-order valence-electron chi connectivity index (χ4n) is 1.45. The number of amides is 1. The van der Waals surface area contributed by atoms with E-state index in [0.717, 1.165) is 19.5 Å². The molecule has 1 aliphatic heterocycles. The summed E-state index contributed by atoms with van der Waals surface area (Å²) in [7, 11) is 0. The van der Waals surface area contributed by atoms with Crippen LogP contribution in [0.25, 0.3) is 0 Å². The van der Waals surface area contributed by atoms with Crippen molar-refractivity contribution in [3.63, 3.8) is 0 Å². The van der Waals surface area contributed by atoms with Crippen molar-refractivity contribution in [2.75, 3.05) is 19.7 Å². The van der Waals surface area contributed by atoms with Crippen LogP contribution >= 0.6 is 0 Å². The SMILES string of the molecule is CC(CO)NC(=O)C1(C)CCNC1. The van der Waals surface area contributed by atoms with Crippen LogP contribution in [-0.4, -0.2) is 36.8 Å². The van der Waals surface area contributed by atoms with Crippen LogP contribution in [0.4, 0.5) is 0 Å². The molecule has 3 N–H and O–H groups in total. The fraction of sp³-hybridized carbons (Fsp3) is 0.889. The minimum atomic E-state index is -0.288. The van der Waals surface area contributed by atoms with Crippen LogP contribution in [0.2, 0.25) is 0 Å². The average Bonchev–Trinajstić information content (AvgIpc) is 2.53. The fourth-order valence-corrected chi connectivity index (χ4v) is 1.45. The van der Waals surface area contributed by atoms with Gasteiger partial charge in [0.1, 0.15) is 0 Å². The van der Waals surface area contributed by atoms with Gasteiger partial charge in [0.05, 0.1) is 12.0 Å². The zero-order chi connectivity index (χ0) is 9.90. The molecule has 0 bridgehead atoms. The smallest absolute Gasteiger partial charge is 0.227 e. The third-order valence-electron chi connectivity index (χ3n) is 2.57. The number of carbonyl (C=O) groups excluding carboxylic acids is 1. The van der Waals surface area contributed by atoms with Gasteiger partial charge in [-0.25, -0.2) is 0 Å². The van der Waals surface area contributed by atoms with E-state index < -0.39 is 0 Å². The van der Waals surface area contributed by atoms with Gasteiger partial charge in [-0.2, -0.15) is 0 Å². The number of nitrogens with one attached hydrogen (secondary N) is 2. The van der Waals surface area contributed by atoms with Gasteiger partial charge in [-0.15, -0.1) is 0 Å². The quantitative estimate of drug-likeness (QED) is 0.556. The Labute approximate surface area is 78.7 Å². The normalized spacial score (nSPS) is 30.1. The van der Waals surface area contributed by atoms with Crippen molar-refractivity contribution in [3.8, 4) is 0 Å². The maximum atomic E-state index is 11.7. The molecule has 0 aromatic carbocycles. The summed E-state index contributed by atoms with van der Waals surface area (Å²) in [6.07, 6.45) is 0.872. The highest BCUT2D eigenvalue weighted by molar-refractivity contribution is 5.83. The van der Waals surface area contributed by atoms with E-state index in [-0.39, 0.29) is 24.0 Å². The number of rotatable bonds is 3. The van der Waals surface area contributed by atoms with Crippen LogP contribution < -0.4 is 10.6 Å². The Hall–Kier alpha value is -0.610. The van der Waals surface area contributed by atoms with Gasteiger partial charge in [-0.3, -0.25) is 4.79 Å². The van der Waals surface area contributed by atoms with Crippen molar-refractivity contribution in [1.82, 2.24) is 10.6 Å². The van der Waals surface area contributed by atoms with Crippen LogP contribution in [0.1, 0.15) is 20.3 Å². The van der Waals surface area contributed by atoms with E-state index in [4.69, 9.17) is 5.11 Å². The van der Waals surface area contributed by atoms with E-state index in [1.54, 1.807) is 6.92 Å². The molecule has 1 heterocycles. The molecule has 1 amide bonds. The van der Waals surface area contributed by atoms with Gasteiger partial charge in [0.15, 0.2) is 0 Å². The highest BCUT2D eigenvalue weighted by atomic mass is 16.3. The maximum Gasteiger partial charge on any atom is 0.227 e. The average molecular weight is 186 g/mol. The molecule has 4 heteroatoms. The molecule has 76 valence electrons.